The molecule has 1 amide bonds. The number of thiophene rings is 1. The maximum Gasteiger partial charge on any atom is 0.258 e. The summed E-state index contributed by atoms with van der Waals surface area (Å²) >= 11 is 1.67. The van der Waals surface area contributed by atoms with Crippen LogP contribution in [0.4, 0.5) is 0 Å². The number of piperidine rings is 1. The first-order valence-electron chi connectivity index (χ1n) is 9.84. The lowest BCUT2D eigenvalue weighted by Gasteiger charge is -2.30. The Morgan fingerprint density at radius 2 is 2.17 bits per heavy atom. The Balaban J connectivity index is 0.00000205. The van der Waals surface area contributed by atoms with Crippen molar-refractivity contribution in [3.05, 3.63) is 45.4 Å². The highest BCUT2D eigenvalue weighted by Gasteiger charge is 2.57. The molecule has 3 aromatic rings. The van der Waals surface area contributed by atoms with Gasteiger partial charge in [-0.1, -0.05) is 5.16 Å². The summed E-state index contributed by atoms with van der Waals surface area (Å²) in [6, 6.07) is 4.29. The summed E-state index contributed by atoms with van der Waals surface area (Å²) in [6.45, 7) is 6.49. The molecule has 1 saturated heterocycles. The molecule has 1 atom stereocenters. The van der Waals surface area contributed by atoms with E-state index in [2.05, 4.69) is 37.2 Å². The topological polar surface area (TPSA) is 71.3 Å². The van der Waals surface area contributed by atoms with Crippen LogP contribution in [0, 0.1) is 19.3 Å². The fourth-order valence-corrected chi connectivity index (χ4v) is 5.33. The number of carbonyl (C=O) groups is 1. The molecule has 2 aliphatic rings. The number of hydrogen-bond donors (Lipinski definition) is 1. The van der Waals surface area contributed by atoms with Crippen molar-refractivity contribution in [2.45, 2.75) is 45.7 Å². The molecule has 0 bridgehead atoms. The van der Waals surface area contributed by atoms with Crippen molar-refractivity contribution >= 4 is 40.8 Å². The van der Waals surface area contributed by atoms with Gasteiger partial charge in [-0.3, -0.25) is 4.79 Å². The first kappa shape index (κ1) is 20.3. The Morgan fingerprint density at radius 1 is 1.38 bits per heavy atom. The number of aromatic nitrogens is 2. The largest absolute Gasteiger partial charge is 0.336 e. The van der Waals surface area contributed by atoms with Crippen molar-refractivity contribution in [3.63, 3.8) is 0 Å². The molecule has 1 aliphatic carbocycles. The van der Waals surface area contributed by atoms with E-state index in [0.717, 1.165) is 43.4 Å². The summed E-state index contributed by atoms with van der Waals surface area (Å²) in [6.07, 6.45) is 3.38. The molecule has 1 N–H and O–H groups in total. The zero-order valence-corrected chi connectivity index (χ0v) is 18.2. The highest BCUT2D eigenvalue weighted by molar-refractivity contribution is 7.07. The van der Waals surface area contributed by atoms with Crippen LogP contribution < -0.4 is 5.32 Å². The van der Waals surface area contributed by atoms with E-state index >= 15 is 0 Å². The number of pyridine rings is 1. The second-order valence-electron chi connectivity index (χ2n) is 8.16. The van der Waals surface area contributed by atoms with Gasteiger partial charge >= 0.3 is 0 Å². The van der Waals surface area contributed by atoms with Crippen molar-refractivity contribution in [2.24, 2.45) is 5.41 Å². The molecule has 4 heterocycles. The summed E-state index contributed by atoms with van der Waals surface area (Å²) in [7, 11) is 0. The van der Waals surface area contributed by atoms with E-state index in [0.29, 0.717) is 29.6 Å². The summed E-state index contributed by atoms with van der Waals surface area (Å²) in [5.74, 6) is 0.0633. The highest BCUT2D eigenvalue weighted by Crippen LogP contribution is 2.56. The smallest absolute Gasteiger partial charge is 0.258 e. The zero-order chi connectivity index (χ0) is 19.3. The predicted octanol–water partition coefficient (Wildman–Crippen LogP) is 4.11. The summed E-state index contributed by atoms with van der Waals surface area (Å²) in [5, 5.41) is 12.4. The average molecular weight is 433 g/mol. The molecule has 8 heteroatoms. The van der Waals surface area contributed by atoms with Crippen molar-refractivity contribution in [2.75, 3.05) is 13.1 Å². The SMILES string of the molecule is Cc1cc(C(=O)N(Cc2ccsc2)C2CC23CCNCC3)c2c(C)noc2n1.Cl. The van der Waals surface area contributed by atoms with Gasteiger partial charge in [-0.2, -0.15) is 11.3 Å². The van der Waals surface area contributed by atoms with Crippen molar-refractivity contribution in [1.29, 1.82) is 0 Å². The standard InChI is InChI=1S/C21H24N4O2S.ClH/c1-13-9-16(18-14(2)24-27-19(18)23-13)20(26)25(11-15-3-8-28-12-15)17-10-21(17)4-6-22-7-5-21;/h3,8-9,12,17,22H,4-7,10-11H2,1-2H3;1H. The van der Waals surface area contributed by atoms with Gasteiger partial charge in [-0.25, -0.2) is 4.98 Å². The van der Waals surface area contributed by atoms with Gasteiger partial charge in [0.25, 0.3) is 11.6 Å². The lowest BCUT2D eigenvalue weighted by atomic mass is 9.93. The molecule has 29 heavy (non-hydrogen) atoms. The quantitative estimate of drug-likeness (QED) is 0.671. The number of nitrogens with one attached hydrogen (secondary N) is 1. The highest BCUT2D eigenvalue weighted by atomic mass is 35.5. The number of hydrogen-bond acceptors (Lipinski definition) is 6. The summed E-state index contributed by atoms with van der Waals surface area (Å²) < 4.78 is 5.35. The Kier molecular flexibility index (Phi) is 5.40. The van der Waals surface area contributed by atoms with E-state index in [4.69, 9.17) is 4.52 Å². The van der Waals surface area contributed by atoms with E-state index in [-0.39, 0.29) is 23.7 Å². The Bertz CT molecular complexity index is 1030. The molecule has 0 aromatic carbocycles. The van der Waals surface area contributed by atoms with Gasteiger partial charge in [-0.15, -0.1) is 12.4 Å². The third kappa shape index (κ3) is 3.56. The number of nitrogens with zero attached hydrogens (tertiary/aromatic N) is 3. The molecule has 5 rings (SSSR count). The summed E-state index contributed by atoms with van der Waals surface area (Å²) in [5.41, 5.74) is 4.07. The number of amides is 1. The molecule has 2 fully saturated rings. The lowest BCUT2D eigenvalue weighted by molar-refractivity contribution is 0.0694. The fraction of sp³-hybridized carbons (Fsp3) is 0.476. The van der Waals surface area contributed by atoms with Crippen LogP contribution in [-0.4, -0.2) is 40.1 Å². The number of rotatable bonds is 4. The lowest BCUT2D eigenvalue weighted by Crippen LogP contribution is -2.39. The maximum absolute atomic E-state index is 13.8. The molecule has 6 nitrogen and oxygen atoms in total. The molecule has 1 spiro atoms. The Morgan fingerprint density at radius 3 is 2.90 bits per heavy atom. The van der Waals surface area contributed by atoms with E-state index in [9.17, 15) is 4.79 Å². The Hall–Kier alpha value is -1.96. The van der Waals surface area contributed by atoms with E-state index < -0.39 is 0 Å². The van der Waals surface area contributed by atoms with Crippen LogP contribution >= 0.6 is 23.7 Å². The van der Waals surface area contributed by atoms with Crippen LogP contribution in [-0.2, 0) is 6.54 Å². The summed E-state index contributed by atoms with van der Waals surface area (Å²) in [4.78, 5) is 20.3. The molecule has 1 unspecified atom stereocenters. The number of halogens is 1. The average Bonchev–Trinajstić information content (AvgIpc) is 3.02. The number of carbonyl (C=O) groups excluding carboxylic acids is 1. The van der Waals surface area contributed by atoms with Crippen LogP contribution in [0.5, 0.6) is 0 Å². The molecule has 0 radical (unpaired) electrons. The minimum Gasteiger partial charge on any atom is -0.336 e. The van der Waals surface area contributed by atoms with Crippen LogP contribution in [0.1, 0.15) is 46.6 Å². The maximum atomic E-state index is 13.8. The molecule has 1 aliphatic heterocycles. The molecule has 154 valence electrons. The van der Waals surface area contributed by atoms with Gasteiger partial charge in [-0.05, 0) is 80.1 Å². The third-order valence-electron chi connectivity index (χ3n) is 6.29. The van der Waals surface area contributed by atoms with Crippen molar-refractivity contribution in [3.8, 4) is 0 Å². The van der Waals surface area contributed by atoms with Crippen LogP contribution in [0.15, 0.2) is 27.4 Å². The third-order valence-corrected chi connectivity index (χ3v) is 7.02. The Labute approximate surface area is 180 Å². The number of aryl methyl sites for hydroxylation is 2. The van der Waals surface area contributed by atoms with Crippen molar-refractivity contribution in [1.82, 2.24) is 20.4 Å². The first-order chi connectivity index (χ1) is 13.6. The van der Waals surface area contributed by atoms with Crippen LogP contribution in [0.3, 0.4) is 0 Å². The molecular weight excluding hydrogens is 408 g/mol. The minimum absolute atomic E-state index is 0. The van der Waals surface area contributed by atoms with Gasteiger partial charge in [0, 0.05) is 18.3 Å². The van der Waals surface area contributed by atoms with Gasteiger partial charge in [0.15, 0.2) is 0 Å². The van der Waals surface area contributed by atoms with Crippen molar-refractivity contribution < 1.29 is 9.32 Å². The van der Waals surface area contributed by atoms with E-state index in [1.165, 1.54) is 5.56 Å². The normalized spacial score (nSPS) is 19.9. The second-order valence-corrected chi connectivity index (χ2v) is 8.94. The minimum atomic E-state index is 0. The monoisotopic (exact) mass is 432 g/mol. The van der Waals surface area contributed by atoms with Crippen LogP contribution in [0.25, 0.3) is 11.1 Å². The first-order valence-corrected chi connectivity index (χ1v) is 10.8. The number of fused-ring (bicyclic) bond motifs is 1. The van der Waals surface area contributed by atoms with Gasteiger partial charge in [0.05, 0.1) is 16.6 Å². The van der Waals surface area contributed by atoms with Crippen LogP contribution in [0.2, 0.25) is 0 Å². The predicted molar refractivity (Wildman–Crippen MR) is 116 cm³/mol. The molecule has 1 saturated carbocycles. The zero-order valence-electron chi connectivity index (χ0n) is 16.6. The van der Waals surface area contributed by atoms with E-state index in [1.807, 2.05) is 19.9 Å². The molecular formula is C21H25ClN4O2S. The second kappa shape index (κ2) is 7.70. The fourth-order valence-electron chi connectivity index (χ4n) is 4.67. The van der Waals surface area contributed by atoms with Gasteiger partial charge in [0.2, 0.25) is 0 Å². The van der Waals surface area contributed by atoms with E-state index in [1.54, 1.807) is 11.3 Å². The molecule has 3 aromatic heterocycles. The van der Waals surface area contributed by atoms with Gasteiger partial charge < -0.3 is 14.7 Å². The van der Waals surface area contributed by atoms with Gasteiger partial charge in [0.1, 0.15) is 0 Å².